The minimum absolute atomic E-state index is 0.0972. The molecule has 1 saturated carbocycles. The average Bonchev–Trinajstić information content (AvgIpc) is 2.70. The highest BCUT2D eigenvalue weighted by molar-refractivity contribution is 6.22. The molecular formula is C18H24N2O2. The summed E-state index contributed by atoms with van der Waals surface area (Å²) in [6.45, 7) is 1.99. The lowest BCUT2D eigenvalue weighted by atomic mass is 10.1. The van der Waals surface area contributed by atoms with Crippen molar-refractivity contribution in [2.45, 2.75) is 64.0 Å². The van der Waals surface area contributed by atoms with E-state index in [-0.39, 0.29) is 24.3 Å². The number of anilines is 1. The minimum atomic E-state index is -0.350. The van der Waals surface area contributed by atoms with Crippen LogP contribution in [0.1, 0.15) is 50.5 Å². The first-order valence-electron chi connectivity index (χ1n) is 8.34. The van der Waals surface area contributed by atoms with E-state index in [1.54, 1.807) is 0 Å². The Kier molecular flexibility index (Phi) is 4.57. The molecule has 0 bridgehead atoms. The maximum absolute atomic E-state index is 12.6. The molecule has 1 saturated heterocycles. The molecule has 2 fully saturated rings. The van der Waals surface area contributed by atoms with Crippen LogP contribution in [0.25, 0.3) is 0 Å². The van der Waals surface area contributed by atoms with Crippen LogP contribution in [0.4, 0.5) is 5.69 Å². The van der Waals surface area contributed by atoms with Crippen molar-refractivity contribution in [3.63, 3.8) is 0 Å². The summed E-state index contributed by atoms with van der Waals surface area (Å²) in [7, 11) is 0. The van der Waals surface area contributed by atoms with E-state index < -0.39 is 0 Å². The predicted molar refractivity (Wildman–Crippen MR) is 86.7 cm³/mol. The van der Waals surface area contributed by atoms with Gasteiger partial charge in [-0.05, 0) is 31.9 Å². The van der Waals surface area contributed by atoms with E-state index in [4.69, 9.17) is 0 Å². The number of hydrogen-bond donors (Lipinski definition) is 1. The van der Waals surface area contributed by atoms with Gasteiger partial charge < -0.3 is 5.32 Å². The third-order valence-electron chi connectivity index (χ3n) is 4.73. The van der Waals surface area contributed by atoms with E-state index in [2.05, 4.69) is 5.32 Å². The second-order valence-electron chi connectivity index (χ2n) is 6.51. The maximum atomic E-state index is 12.6. The minimum Gasteiger partial charge on any atom is -0.303 e. The van der Waals surface area contributed by atoms with Crippen LogP contribution < -0.4 is 10.2 Å². The topological polar surface area (TPSA) is 49.4 Å². The first-order valence-corrected chi connectivity index (χ1v) is 8.34. The summed E-state index contributed by atoms with van der Waals surface area (Å²) in [5, 5.41) is 3.44. The molecule has 2 amide bonds. The Morgan fingerprint density at radius 1 is 1.00 bits per heavy atom. The molecule has 2 aliphatic rings. The Labute approximate surface area is 131 Å². The zero-order chi connectivity index (χ0) is 15.5. The Bertz CT molecular complexity index is 545. The van der Waals surface area contributed by atoms with Crippen molar-refractivity contribution >= 4 is 17.5 Å². The normalized spacial score (nSPS) is 23.9. The number of hydrogen-bond acceptors (Lipinski definition) is 3. The summed E-state index contributed by atoms with van der Waals surface area (Å²) in [6.07, 6.45) is 7.51. The Morgan fingerprint density at radius 2 is 1.64 bits per heavy atom. The van der Waals surface area contributed by atoms with Gasteiger partial charge in [0.25, 0.3) is 5.91 Å². The van der Waals surface area contributed by atoms with Crippen molar-refractivity contribution < 1.29 is 9.59 Å². The standard InChI is InChI=1S/C18H24N2O2/c1-13-8-10-15(11-9-13)20-17(21)12-16(18(20)22)19-14-6-4-2-3-5-7-14/h8-11,14,16,19H,2-7,12H2,1H3/t16-/m0/s1. The van der Waals surface area contributed by atoms with E-state index in [1.807, 2.05) is 31.2 Å². The molecule has 1 aromatic carbocycles. The number of carbonyl (C=O) groups is 2. The molecule has 118 valence electrons. The molecule has 1 aliphatic carbocycles. The van der Waals surface area contributed by atoms with Crippen LogP contribution in [0.5, 0.6) is 0 Å². The van der Waals surface area contributed by atoms with Crippen LogP contribution in [-0.2, 0) is 9.59 Å². The van der Waals surface area contributed by atoms with Crippen molar-refractivity contribution in [3.8, 4) is 0 Å². The van der Waals surface area contributed by atoms with Gasteiger partial charge in [-0.15, -0.1) is 0 Å². The maximum Gasteiger partial charge on any atom is 0.251 e. The number of nitrogens with zero attached hydrogens (tertiary/aromatic N) is 1. The molecular weight excluding hydrogens is 276 g/mol. The summed E-state index contributed by atoms with van der Waals surface area (Å²) in [6, 6.07) is 7.58. The molecule has 1 N–H and O–H groups in total. The molecule has 0 unspecified atom stereocenters. The Morgan fingerprint density at radius 3 is 2.27 bits per heavy atom. The third-order valence-corrected chi connectivity index (χ3v) is 4.73. The molecule has 0 radical (unpaired) electrons. The molecule has 1 aliphatic heterocycles. The van der Waals surface area contributed by atoms with Crippen molar-refractivity contribution in [1.82, 2.24) is 5.32 Å². The van der Waals surface area contributed by atoms with Gasteiger partial charge in [0.2, 0.25) is 5.91 Å². The lowest BCUT2D eigenvalue weighted by Gasteiger charge is -2.21. The number of carbonyl (C=O) groups excluding carboxylic acids is 2. The Hall–Kier alpha value is -1.68. The zero-order valence-electron chi connectivity index (χ0n) is 13.2. The smallest absolute Gasteiger partial charge is 0.251 e. The first kappa shape index (κ1) is 15.2. The second-order valence-corrected chi connectivity index (χ2v) is 6.51. The van der Waals surface area contributed by atoms with Gasteiger partial charge in [-0.1, -0.05) is 43.4 Å². The number of nitrogens with one attached hydrogen (secondary N) is 1. The SMILES string of the molecule is Cc1ccc(N2C(=O)C[C@H](NC3CCCCCC3)C2=O)cc1. The van der Waals surface area contributed by atoms with Crippen LogP contribution in [-0.4, -0.2) is 23.9 Å². The fraction of sp³-hybridized carbons (Fsp3) is 0.556. The van der Waals surface area contributed by atoms with Crippen LogP contribution >= 0.6 is 0 Å². The molecule has 22 heavy (non-hydrogen) atoms. The van der Waals surface area contributed by atoms with Crippen molar-refractivity contribution in [3.05, 3.63) is 29.8 Å². The number of imide groups is 1. The van der Waals surface area contributed by atoms with Gasteiger partial charge in [0.05, 0.1) is 18.2 Å². The van der Waals surface area contributed by atoms with E-state index in [9.17, 15) is 9.59 Å². The van der Waals surface area contributed by atoms with Gasteiger partial charge in [-0.2, -0.15) is 0 Å². The third kappa shape index (κ3) is 3.22. The highest BCUT2D eigenvalue weighted by atomic mass is 16.2. The molecule has 1 atom stereocenters. The number of benzene rings is 1. The summed E-state index contributed by atoms with van der Waals surface area (Å²) in [4.78, 5) is 26.2. The first-order chi connectivity index (χ1) is 10.6. The van der Waals surface area contributed by atoms with Gasteiger partial charge in [0.1, 0.15) is 0 Å². The summed E-state index contributed by atoms with van der Waals surface area (Å²) in [5.74, 6) is -0.196. The highest BCUT2D eigenvalue weighted by Crippen LogP contribution is 2.25. The molecule has 0 aromatic heterocycles. The monoisotopic (exact) mass is 300 g/mol. The molecule has 1 heterocycles. The Balaban J connectivity index is 1.69. The fourth-order valence-electron chi connectivity index (χ4n) is 3.46. The molecule has 4 nitrogen and oxygen atoms in total. The fourth-order valence-corrected chi connectivity index (χ4v) is 3.46. The quantitative estimate of drug-likeness (QED) is 0.690. The largest absolute Gasteiger partial charge is 0.303 e. The molecule has 0 spiro atoms. The van der Waals surface area contributed by atoms with Crippen LogP contribution in [0.3, 0.4) is 0 Å². The summed E-state index contributed by atoms with van der Waals surface area (Å²) < 4.78 is 0. The van der Waals surface area contributed by atoms with E-state index in [0.29, 0.717) is 11.7 Å². The van der Waals surface area contributed by atoms with Crippen LogP contribution in [0.15, 0.2) is 24.3 Å². The summed E-state index contributed by atoms with van der Waals surface area (Å²) in [5.41, 5.74) is 1.81. The van der Waals surface area contributed by atoms with Gasteiger partial charge >= 0.3 is 0 Å². The predicted octanol–water partition coefficient (Wildman–Crippen LogP) is 2.94. The van der Waals surface area contributed by atoms with Crippen molar-refractivity contribution in [2.24, 2.45) is 0 Å². The zero-order valence-corrected chi connectivity index (χ0v) is 13.2. The lowest BCUT2D eigenvalue weighted by Crippen LogP contribution is -2.43. The van der Waals surface area contributed by atoms with Crippen molar-refractivity contribution in [1.29, 1.82) is 0 Å². The van der Waals surface area contributed by atoms with E-state index >= 15 is 0 Å². The number of amides is 2. The van der Waals surface area contributed by atoms with E-state index in [1.165, 1.54) is 30.6 Å². The second kappa shape index (κ2) is 6.61. The number of aryl methyl sites for hydroxylation is 1. The van der Waals surface area contributed by atoms with Gasteiger partial charge in [-0.25, -0.2) is 4.90 Å². The van der Waals surface area contributed by atoms with Gasteiger partial charge in [-0.3, -0.25) is 9.59 Å². The summed E-state index contributed by atoms with van der Waals surface area (Å²) >= 11 is 0. The molecule has 1 aromatic rings. The lowest BCUT2D eigenvalue weighted by molar-refractivity contribution is -0.121. The van der Waals surface area contributed by atoms with E-state index in [0.717, 1.165) is 18.4 Å². The van der Waals surface area contributed by atoms with Gasteiger partial charge in [0, 0.05) is 6.04 Å². The molecule has 3 rings (SSSR count). The van der Waals surface area contributed by atoms with Gasteiger partial charge in [0.15, 0.2) is 0 Å². The molecule has 4 heteroatoms. The van der Waals surface area contributed by atoms with Crippen molar-refractivity contribution in [2.75, 3.05) is 4.90 Å². The average molecular weight is 300 g/mol. The van der Waals surface area contributed by atoms with Crippen LogP contribution in [0, 0.1) is 6.92 Å². The highest BCUT2D eigenvalue weighted by Gasteiger charge is 2.40. The number of rotatable bonds is 3. The van der Waals surface area contributed by atoms with Crippen LogP contribution in [0.2, 0.25) is 0 Å².